The predicted octanol–water partition coefficient (Wildman–Crippen LogP) is -1.45. The zero-order valence-electron chi connectivity index (χ0n) is 16.5. The highest BCUT2D eigenvalue weighted by atomic mass is 16.6. The van der Waals surface area contributed by atoms with Crippen LogP contribution in [0.1, 0.15) is 27.7 Å². The topological polar surface area (TPSA) is 164 Å². The Bertz CT molecular complexity index is 614. The van der Waals surface area contributed by atoms with Crippen molar-refractivity contribution in [1.29, 1.82) is 0 Å². The number of aliphatic hydroxyl groups excluding tert-OH is 3. The van der Waals surface area contributed by atoms with E-state index in [-0.39, 0.29) is 5.76 Å². The minimum Gasteiger partial charge on any atom is -0.478 e. The van der Waals surface area contributed by atoms with Crippen LogP contribution in [-0.2, 0) is 23.8 Å². The Morgan fingerprint density at radius 3 is 2.32 bits per heavy atom. The fourth-order valence-electron chi connectivity index (χ4n) is 2.54. The maximum absolute atomic E-state index is 12.2. The number of ether oxygens (including phenoxy) is 3. The van der Waals surface area contributed by atoms with Crippen LogP contribution in [0.15, 0.2) is 11.8 Å². The van der Waals surface area contributed by atoms with Gasteiger partial charge in [0.15, 0.2) is 0 Å². The smallest absolute Gasteiger partial charge is 0.408 e. The van der Waals surface area contributed by atoms with Gasteiger partial charge in [0.05, 0.1) is 25.8 Å². The lowest BCUT2D eigenvalue weighted by atomic mass is 9.92. The summed E-state index contributed by atoms with van der Waals surface area (Å²) in [6.45, 7) is 5.37. The van der Waals surface area contributed by atoms with Crippen molar-refractivity contribution in [3.63, 3.8) is 0 Å². The first-order chi connectivity index (χ1) is 12.9. The van der Waals surface area contributed by atoms with Crippen molar-refractivity contribution in [3.05, 3.63) is 11.8 Å². The molecule has 1 aliphatic heterocycles. The van der Waals surface area contributed by atoms with E-state index in [1.165, 1.54) is 13.0 Å². The zero-order chi connectivity index (χ0) is 21.6. The standard InChI is InChI=1S/C17H28N2O9/c1-8(21)18-12-9(19-16(25)28-17(2,3)4)6-11(15(24)26-5)27-14(12)13(23)10(22)7-20/h6,9-10,12-14,20,22-23H,7H2,1-5H3,(H,18,21)(H,19,25)/t9-,10?,12+,13?,14+/m0/s1. The third-order valence-electron chi connectivity index (χ3n) is 3.69. The Kier molecular flexibility index (Phi) is 8.21. The molecule has 5 N–H and O–H groups in total. The second kappa shape index (κ2) is 9.71. The quantitative estimate of drug-likeness (QED) is 0.333. The molecule has 2 amide bonds. The monoisotopic (exact) mass is 404 g/mol. The minimum absolute atomic E-state index is 0.348. The highest BCUT2D eigenvalue weighted by Crippen LogP contribution is 2.24. The van der Waals surface area contributed by atoms with Gasteiger partial charge in [0, 0.05) is 6.92 Å². The molecular formula is C17H28N2O9. The van der Waals surface area contributed by atoms with Crippen LogP contribution in [0.5, 0.6) is 0 Å². The van der Waals surface area contributed by atoms with Gasteiger partial charge in [-0.1, -0.05) is 0 Å². The summed E-state index contributed by atoms with van der Waals surface area (Å²) in [5, 5.41) is 34.2. The number of nitrogens with one attached hydrogen (secondary N) is 2. The molecule has 0 aromatic carbocycles. The maximum atomic E-state index is 12.2. The molecule has 2 unspecified atom stereocenters. The Hall–Kier alpha value is -2.37. The lowest BCUT2D eigenvalue weighted by Gasteiger charge is -2.40. The van der Waals surface area contributed by atoms with Gasteiger partial charge < -0.3 is 40.2 Å². The molecule has 0 fully saturated rings. The lowest BCUT2D eigenvalue weighted by molar-refractivity contribution is -0.149. The minimum atomic E-state index is -1.70. The van der Waals surface area contributed by atoms with E-state index in [0.717, 1.165) is 7.11 Å². The van der Waals surface area contributed by atoms with Crippen LogP contribution in [0, 0.1) is 0 Å². The van der Waals surface area contributed by atoms with E-state index in [1.54, 1.807) is 20.8 Å². The van der Waals surface area contributed by atoms with E-state index in [4.69, 9.17) is 14.6 Å². The Morgan fingerprint density at radius 1 is 1.25 bits per heavy atom. The van der Waals surface area contributed by atoms with Gasteiger partial charge in [0.1, 0.15) is 23.9 Å². The van der Waals surface area contributed by atoms with Gasteiger partial charge >= 0.3 is 12.1 Å². The number of esters is 1. The summed E-state index contributed by atoms with van der Waals surface area (Å²) < 4.78 is 15.2. The number of hydrogen-bond donors (Lipinski definition) is 5. The molecule has 1 aliphatic rings. The highest BCUT2D eigenvalue weighted by molar-refractivity contribution is 5.87. The number of carbonyl (C=O) groups is 3. The van der Waals surface area contributed by atoms with Gasteiger partial charge in [-0.15, -0.1) is 0 Å². The average Bonchev–Trinajstić information content (AvgIpc) is 2.58. The number of rotatable bonds is 6. The molecule has 1 heterocycles. The fraction of sp³-hybridized carbons (Fsp3) is 0.706. The van der Waals surface area contributed by atoms with E-state index in [0.29, 0.717) is 0 Å². The summed E-state index contributed by atoms with van der Waals surface area (Å²) >= 11 is 0. The van der Waals surface area contributed by atoms with Crippen molar-refractivity contribution < 1.29 is 43.9 Å². The number of alkyl carbamates (subject to hydrolysis) is 1. The number of aliphatic hydroxyl groups is 3. The maximum Gasteiger partial charge on any atom is 0.408 e. The molecule has 11 nitrogen and oxygen atoms in total. The van der Waals surface area contributed by atoms with Crippen LogP contribution in [0.4, 0.5) is 4.79 Å². The largest absolute Gasteiger partial charge is 0.478 e. The number of hydrogen-bond acceptors (Lipinski definition) is 9. The molecule has 0 radical (unpaired) electrons. The van der Waals surface area contributed by atoms with Gasteiger partial charge in [0.2, 0.25) is 11.7 Å². The number of amides is 2. The van der Waals surface area contributed by atoms with Crippen molar-refractivity contribution >= 4 is 18.0 Å². The van der Waals surface area contributed by atoms with Gasteiger partial charge in [-0.05, 0) is 26.8 Å². The molecule has 0 saturated heterocycles. The summed E-state index contributed by atoms with van der Waals surface area (Å²) in [6, 6.07) is -2.14. The van der Waals surface area contributed by atoms with E-state index in [2.05, 4.69) is 15.4 Å². The zero-order valence-corrected chi connectivity index (χ0v) is 16.5. The van der Waals surface area contributed by atoms with Crippen LogP contribution in [-0.4, -0.2) is 83.0 Å². The highest BCUT2D eigenvalue weighted by Gasteiger charge is 2.44. The van der Waals surface area contributed by atoms with Crippen LogP contribution in [0.3, 0.4) is 0 Å². The second-order valence-corrected chi connectivity index (χ2v) is 7.24. The van der Waals surface area contributed by atoms with Crippen LogP contribution in [0.25, 0.3) is 0 Å². The molecule has 0 aliphatic carbocycles. The van der Waals surface area contributed by atoms with E-state index in [9.17, 15) is 24.6 Å². The number of carbonyl (C=O) groups excluding carboxylic acids is 3. The van der Waals surface area contributed by atoms with Gasteiger partial charge in [-0.25, -0.2) is 9.59 Å². The molecular weight excluding hydrogens is 376 g/mol. The summed E-state index contributed by atoms with van der Waals surface area (Å²) in [6.07, 6.45) is -4.35. The molecule has 160 valence electrons. The third kappa shape index (κ3) is 6.66. The molecule has 1 rings (SSSR count). The van der Waals surface area contributed by atoms with Crippen molar-refractivity contribution in [2.45, 2.75) is 63.7 Å². The Labute approximate surface area is 162 Å². The van der Waals surface area contributed by atoms with Crippen LogP contribution >= 0.6 is 0 Å². The van der Waals surface area contributed by atoms with Crippen molar-refractivity contribution in [3.8, 4) is 0 Å². The molecule has 28 heavy (non-hydrogen) atoms. The normalized spacial score (nSPS) is 24.1. The molecule has 0 bridgehead atoms. The van der Waals surface area contributed by atoms with Gasteiger partial charge in [-0.3, -0.25) is 4.79 Å². The second-order valence-electron chi connectivity index (χ2n) is 7.24. The van der Waals surface area contributed by atoms with Crippen LogP contribution < -0.4 is 10.6 Å². The number of methoxy groups -OCH3 is 1. The molecule has 0 aromatic heterocycles. The summed E-state index contributed by atoms with van der Waals surface area (Å²) in [7, 11) is 1.11. The SMILES string of the molecule is COC(=O)C1=C[C@H](NC(=O)OC(C)(C)C)[C@@H](NC(C)=O)[C@H](C(O)C(O)CO)O1. The molecule has 11 heteroatoms. The van der Waals surface area contributed by atoms with Crippen molar-refractivity contribution in [2.75, 3.05) is 13.7 Å². The van der Waals surface area contributed by atoms with Crippen molar-refractivity contribution in [1.82, 2.24) is 10.6 Å². The van der Waals surface area contributed by atoms with Gasteiger partial charge in [-0.2, -0.15) is 0 Å². The molecule has 0 saturated carbocycles. The predicted molar refractivity (Wildman–Crippen MR) is 94.8 cm³/mol. The van der Waals surface area contributed by atoms with Crippen molar-refractivity contribution in [2.24, 2.45) is 0 Å². The fourth-order valence-corrected chi connectivity index (χ4v) is 2.54. The van der Waals surface area contributed by atoms with Crippen LogP contribution in [0.2, 0.25) is 0 Å². The molecule has 0 spiro atoms. The lowest BCUT2D eigenvalue weighted by Crippen LogP contribution is -2.63. The summed E-state index contributed by atoms with van der Waals surface area (Å²) in [5.41, 5.74) is -0.806. The van der Waals surface area contributed by atoms with E-state index < -0.39 is 60.6 Å². The Balaban J connectivity index is 3.27. The molecule has 5 atom stereocenters. The average molecular weight is 404 g/mol. The molecule has 0 aromatic rings. The van der Waals surface area contributed by atoms with E-state index >= 15 is 0 Å². The van der Waals surface area contributed by atoms with Gasteiger partial charge in [0.25, 0.3) is 0 Å². The first-order valence-electron chi connectivity index (χ1n) is 8.60. The summed E-state index contributed by atoms with van der Waals surface area (Å²) in [5.74, 6) is -1.76. The Morgan fingerprint density at radius 2 is 1.86 bits per heavy atom. The first kappa shape index (κ1) is 23.7. The summed E-state index contributed by atoms with van der Waals surface area (Å²) in [4.78, 5) is 35.7. The first-order valence-corrected chi connectivity index (χ1v) is 8.60. The third-order valence-corrected chi connectivity index (χ3v) is 3.69. The van der Waals surface area contributed by atoms with E-state index in [1.807, 2.05) is 0 Å².